The summed E-state index contributed by atoms with van der Waals surface area (Å²) in [6.07, 6.45) is 2.71. The third kappa shape index (κ3) is 4.52. The van der Waals surface area contributed by atoms with Gasteiger partial charge in [0.25, 0.3) is 11.8 Å². The summed E-state index contributed by atoms with van der Waals surface area (Å²) in [6, 6.07) is 2.93. The van der Waals surface area contributed by atoms with Crippen LogP contribution in [0.25, 0.3) is 0 Å². The maximum Gasteiger partial charge on any atom is 0.276 e. The SMILES string of the molecule is CCN1CCCCN(C)n2cc(C(=O)NCc3ccc(F)cc3F)c(=O)c(O)c2C1=O. The number of aromatic hydroxyl groups is 1. The van der Waals surface area contributed by atoms with Crippen LogP contribution in [-0.4, -0.2) is 53.2 Å². The van der Waals surface area contributed by atoms with Gasteiger partial charge >= 0.3 is 0 Å². The van der Waals surface area contributed by atoms with E-state index in [-0.39, 0.29) is 17.8 Å². The second kappa shape index (κ2) is 9.15. The minimum Gasteiger partial charge on any atom is -0.502 e. The molecule has 0 atom stereocenters. The molecule has 3 rings (SSSR count). The van der Waals surface area contributed by atoms with Crippen molar-refractivity contribution in [2.45, 2.75) is 26.3 Å². The van der Waals surface area contributed by atoms with Crippen LogP contribution in [0.1, 0.15) is 46.2 Å². The number of fused-ring (bicyclic) bond motifs is 1. The second-order valence-electron chi connectivity index (χ2n) is 7.31. The van der Waals surface area contributed by atoms with Gasteiger partial charge < -0.3 is 20.3 Å². The first-order valence-electron chi connectivity index (χ1n) is 9.96. The molecule has 2 heterocycles. The van der Waals surface area contributed by atoms with Crippen LogP contribution in [-0.2, 0) is 6.54 Å². The summed E-state index contributed by atoms with van der Waals surface area (Å²) in [6.45, 7) is 2.94. The molecular formula is C21H24F2N4O4. The Hall–Kier alpha value is -3.43. The number of benzene rings is 1. The predicted octanol–water partition coefficient (Wildman–Crippen LogP) is 1.59. The Balaban J connectivity index is 1.97. The fourth-order valence-corrected chi connectivity index (χ4v) is 3.46. The summed E-state index contributed by atoms with van der Waals surface area (Å²) < 4.78 is 28.2. The van der Waals surface area contributed by atoms with Crippen molar-refractivity contribution in [2.24, 2.45) is 0 Å². The molecule has 2 amide bonds. The number of pyridine rings is 1. The molecular weight excluding hydrogens is 410 g/mol. The average Bonchev–Trinajstić information content (AvgIpc) is 2.79. The maximum absolute atomic E-state index is 13.8. The number of hydrogen-bond donors (Lipinski definition) is 2. The van der Waals surface area contributed by atoms with E-state index in [0.717, 1.165) is 18.9 Å². The van der Waals surface area contributed by atoms with Crippen LogP contribution in [0.4, 0.5) is 8.78 Å². The van der Waals surface area contributed by atoms with Gasteiger partial charge in [-0.2, -0.15) is 0 Å². The average molecular weight is 434 g/mol. The summed E-state index contributed by atoms with van der Waals surface area (Å²) in [5.41, 5.74) is -1.57. The smallest absolute Gasteiger partial charge is 0.276 e. The van der Waals surface area contributed by atoms with E-state index in [1.54, 1.807) is 19.0 Å². The number of aromatic nitrogens is 1. The molecule has 0 saturated heterocycles. The van der Waals surface area contributed by atoms with E-state index in [1.807, 2.05) is 0 Å². The largest absolute Gasteiger partial charge is 0.502 e. The molecule has 0 unspecified atom stereocenters. The summed E-state index contributed by atoms with van der Waals surface area (Å²) in [5, 5.41) is 14.6. The van der Waals surface area contributed by atoms with E-state index >= 15 is 0 Å². The van der Waals surface area contributed by atoms with Gasteiger partial charge in [0, 0.05) is 51.1 Å². The van der Waals surface area contributed by atoms with E-state index in [9.17, 15) is 28.3 Å². The van der Waals surface area contributed by atoms with Gasteiger partial charge in [-0.25, -0.2) is 8.78 Å². The highest BCUT2D eigenvalue weighted by atomic mass is 19.1. The molecule has 166 valence electrons. The van der Waals surface area contributed by atoms with E-state index < -0.39 is 40.2 Å². The summed E-state index contributed by atoms with van der Waals surface area (Å²) in [4.78, 5) is 39.8. The van der Waals surface area contributed by atoms with Gasteiger partial charge in [-0.15, -0.1) is 0 Å². The van der Waals surface area contributed by atoms with Gasteiger partial charge in [-0.05, 0) is 25.8 Å². The van der Waals surface area contributed by atoms with Gasteiger partial charge in [0.2, 0.25) is 5.43 Å². The number of nitrogens with zero attached hydrogens (tertiary/aromatic N) is 3. The fourth-order valence-electron chi connectivity index (χ4n) is 3.46. The van der Waals surface area contributed by atoms with Crippen LogP contribution < -0.4 is 15.8 Å². The number of carbonyl (C=O) groups excluding carboxylic acids is 2. The minimum absolute atomic E-state index is 0.0349. The standard InChI is InChI=1S/C21H24F2N4O4/c1-3-26-9-5-4-8-25(2)27-12-15(18(28)19(29)17(27)21(26)31)20(30)24-11-13-6-7-14(22)10-16(13)23/h6-7,10,12,29H,3-5,8-9,11H2,1-2H3,(H,24,30). The van der Waals surface area contributed by atoms with Crippen LogP contribution in [0.3, 0.4) is 0 Å². The second-order valence-corrected chi connectivity index (χ2v) is 7.31. The van der Waals surface area contributed by atoms with Gasteiger partial charge in [0.1, 0.15) is 17.2 Å². The summed E-state index contributed by atoms with van der Waals surface area (Å²) >= 11 is 0. The third-order valence-corrected chi connectivity index (χ3v) is 5.26. The van der Waals surface area contributed by atoms with Crippen LogP contribution in [0.15, 0.2) is 29.2 Å². The monoisotopic (exact) mass is 434 g/mol. The van der Waals surface area contributed by atoms with Crippen LogP contribution in [0.2, 0.25) is 0 Å². The first-order valence-corrected chi connectivity index (χ1v) is 9.96. The Bertz CT molecular complexity index is 1070. The Morgan fingerprint density at radius 3 is 2.58 bits per heavy atom. The van der Waals surface area contributed by atoms with E-state index in [2.05, 4.69) is 5.32 Å². The van der Waals surface area contributed by atoms with Crippen molar-refractivity contribution < 1.29 is 23.5 Å². The minimum atomic E-state index is -1.000. The van der Waals surface area contributed by atoms with Crippen molar-refractivity contribution in [3.05, 3.63) is 63.1 Å². The number of carbonyl (C=O) groups is 2. The van der Waals surface area contributed by atoms with Crippen molar-refractivity contribution in [3.63, 3.8) is 0 Å². The highest BCUT2D eigenvalue weighted by Crippen LogP contribution is 2.19. The normalized spacial score (nSPS) is 14.5. The molecule has 1 aromatic carbocycles. The van der Waals surface area contributed by atoms with E-state index in [1.165, 1.54) is 21.8 Å². The number of nitrogens with one attached hydrogen (secondary N) is 1. The zero-order valence-corrected chi connectivity index (χ0v) is 17.3. The lowest BCUT2D eigenvalue weighted by molar-refractivity contribution is 0.0748. The Labute approximate surface area is 177 Å². The number of hydrogen-bond acceptors (Lipinski definition) is 5. The zero-order valence-electron chi connectivity index (χ0n) is 17.3. The molecule has 1 aliphatic rings. The Kier molecular flexibility index (Phi) is 6.57. The molecule has 1 aromatic heterocycles. The van der Waals surface area contributed by atoms with Crippen LogP contribution in [0, 0.1) is 11.6 Å². The van der Waals surface area contributed by atoms with Crippen LogP contribution in [0.5, 0.6) is 5.75 Å². The van der Waals surface area contributed by atoms with E-state index in [4.69, 9.17) is 0 Å². The van der Waals surface area contributed by atoms with Gasteiger partial charge in [0.05, 0.1) is 0 Å². The third-order valence-electron chi connectivity index (χ3n) is 5.26. The van der Waals surface area contributed by atoms with Gasteiger partial charge in [-0.3, -0.25) is 19.1 Å². The molecule has 0 bridgehead atoms. The first-order chi connectivity index (χ1) is 14.7. The predicted molar refractivity (Wildman–Crippen MR) is 110 cm³/mol. The highest BCUT2D eigenvalue weighted by molar-refractivity contribution is 5.98. The van der Waals surface area contributed by atoms with Gasteiger partial charge in [0.15, 0.2) is 11.4 Å². The lowest BCUT2D eigenvalue weighted by atomic mass is 10.1. The Morgan fingerprint density at radius 1 is 1.19 bits per heavy atom. The molecule has 0 aliphatic carbocycles. The van der Waals surface area contributed by atoms with Crippen molar-refractivity contribution in [1.82, 2.24) is 14.9 Å². The molecule has 0 spiro atoms. The molecule has 2 N–H and O–H groups in total. The lowest BCUT2D eigenvalue weighted by Gasteiger charge is -2.26. The van der Waals surface area contributed by atoms with Crippen molar-refractivity contribution in [3.8, 4) is 5.75 Å². The molecule has 0 fully saturated rings. The number of halogens is 2. The molecule has 1 aliphatic heterocycles. The molecule has 0 saturated carbocycles. The van der Waals surface area contributed by atoms with Crippen LogP contribution >= 0.6 is 0 Å². The molecule has 31 heavy (non-hydrogen) atoms. The highest BCUT2D eigenvalue weighted by Gasteiger charge is 2.29. The summed E-state index contributed by atoms with van der Waals surface area (Å²) in [7, 11) is 1.68. The van der Waals surface area contributed by atoms with E-state index in [0.29, 0.717) is 25.7 Å². The van der Waals surface area contributed by atoms with Gasteiger partial charge in [-0.1, -0.05) is 6.07 Å². The topological polar surface area (TPSA) is 94.9 Å². The summed E-state index contributed by atoms with van der Waals surface area (Å²) in [5.74, 6) is -3.77. The number of rotatable bonds is 4. The first kappa shape index (κ1) is 22.3. The van der Waals surface area contributed by atoms with Crippen molar-refractivity contribution in [1.29, 1.82) is 0 Å². The fraction of sp³-hybridized carbons (Fsp3) is 0.381. The van der Waals surface area contributed by atoms with Crippen molar-refractivity contribution >= 4 is 11.8 Å². The molecule has 10 heteroatoms. The quantitative estimate of drug-likeness (QED) is 0.762. The molecule has 2 aromatic rings. The zero-order chi connectivity index (χ0) is 22.7. The molecule has 8 nitrogen and oxygen atoms in total. The molecule has 0 radical (unpaired) electrons. The maximum atomic E-state index is 13.8. The van der Waals surface area contributed by atoms with Crippen molar-refractivity contribution in [2.75, 3.05) is 31.7 Å². The number of amides is 2. The Morgan fingerprint density at radius 2 is 1.90 bits per heavy atom. The lowest BCUT2D eigenvalue weighted by Crippen LogP contribution is -2.40.